The van der Waals surface area contributed by atoms with Crippen LogP contribution in [-0.2, 0) is 48.6 Å². The first-order valence-electron chi connectivity index (χ1n) is 22.5. The van der Waals surface area contributed by atoms with Gasteiger partial charge in [-0.15, -0.1) is 11.3 Å². The molecule has 336 valence electrons. The van der Waals surface area contributed by atoms with Crippen molar-refractivity contribution in [3.63, 3.8) is 0 Å². The predicted molar refractivity (Wildman–Crippen MR) is 246 cm³/mol. The van der Waals surface area contributed by atoms with Crippen molar-refractivity contribution in [2.24, 2.45) is 24.3 Å². The van der Waals surface area contributed by atoms with Gasteiger partial charge in [0, 0.05) is 102 Å². The molecule has 6 bridgehead atoms. The number of hydrogen-bond donors (Lipinski definition) is 2. The fourth-order valence-corrected chi connectivity index (χ4v) is 10.8. The average molecular weight is 887 g/mol. The first-order chi connectivity index (χ1) is 30.8. The second kappa shape index (κ2) is 17.5. The van der Waals surface area contributed by atoms with E-state index in [4.69, 9.17) is 29.2 Å². The summed E-state index contributed by atoms with van der Waals surface area (Å²) in [7, 11) is 3.68. The number of ether oxygens (including phenoxy) is 3. The zero-order valence-corrected chi connectivity index (χ0v) is 38.7. The minimum Gasteiger partial charge on any atom is -0.464 e. The molecule has 2 N–H and O–H groups in total. The Morgan fingerprint density at radius 3 is 2.73 bits per heavy atom. The highest BCUT2D eigenvalue weighted by Crippen LogP contribution is 2.54. The lowest BCUT2D eigenvalue weighted by molar-refractivity contribution is -0.156. The van der Waals surface area contributed by atoms with E-state index in [2.05, 4.69) is 66.4 Å². The molecule has 0 spiro atoms. The number of rotatable bonds is 9. The lowest BCUT2D eigenvalue weighted by atomic mass is 9.84. The van der Waals surface area contributed by atoms with Crippen molar-refractivity contribution in [1.82, 2.24) is 39.8 Å². The number of aromatic nitrogens is 5. The first-order valence-corrected chi connectivity index (χ1v) is 23.4. The molecule has 14 nitrogen and oxygen atoms in total. The summed E-state index contributed by atoms with van der Waals surface area (Å²) in [6.45, 7) is 13.8. The standard InChI is InChI=1S/C49H58N8O6S/c1-9-56-37-16-15-29-21-32(37)33(43(56)31-13-11-18-50-41(31)28(4)61-8)23-49(5,6)26-63-48(60)34-14-12-19-57(54-34)47(59)42(44(62-10-2)46-52-36(29)25-64-46)53-45(58)40-27(3)39(40)35-22-30-17-20-55(7)38(30)24-51-35/h11,13,15-18,20-22,24-25,27-28,34,39-40,42,44,54H,9-10,12,14,19,23,26H2,1-8H3,(H,53,58)/t27-,28-,34-,39-,40+,42-,44-/m0/s1. The number of aryl methyl sites for hydroxylation is 2. The van der Waals surface area contributed by atoms with Crippen LogP contribution in [0.4, 0.5) is 0 Å². The smallest absolute Gasteiger partial charge is 0.324 e. The zero-order chi connectivity index (χ0) is 45.0. The van der Waals surface area contributed by atoms with Crippen LogP contribution in [0.2, 0.25) is 0 Å². The third-order valence-electron chi connectivity index (χ3n) is 13.4. The Bertz CT molecular complexity index is 2740. The number of carbonyl (C=O) groups is 3. The Kier molecular flexibility index (Phi) is 12.0. The number of nitrogens with zero attached hydrogens (tertiary/aromatic N) is 6. The van der Waals surface area contributed by atoms with Crippen molar-refractivity contribution < 1.29 is 28.6 Å². The van der Waals surface area contributed by atoms with Crippen LogP contribution in [0.15, 0.2) is 66.4 Å². The number of hydrazine groups is 1. The zero-order valence-electron chi connectivity index (χ0n) is 37.9. The quantitative estimate of drug-likeness (QED) is 0.138. The number of amides is 2. The van der Waals surface area contributed by atoms with Gasteiger partial charge in [0.15, 0.2) is 0 Å². The fraction of sp³-hybridized carbons (Fsp3) is 0.469. The van der Waals surface area contributed by atoms with E-state index in [0.29, 0.717) is 37.4 Å². The summed E-state index contributed by atoms with van der Waals surface area (Å²) in [4.78, 5) is 58.1. The van der Waals surface area contributed by atoms with Gasteiger partial charge in [-0.3, -0.25) is 29.4 Å². The highest BCUT2D eigenvalue weighted by Gasteiger charge is 2.54. The first kappa shape index (κ1) is 43.8. The molecule has 15 heteroatoms. The molecule has 3 aliphatic rings. The lowest BCUT2D eigenvalue weighted by Crippen LogP contribution is -2.61. The second-order valence-electron chi connectivity index (χ2n) is 18.3. The fourth-order valence-electron chi connectivity index (χ4n) is 9.87. The molecule has 0 radical (unpaired) electrons. The van der Waals surface area contributed by atoms with Crippen LogP contribution in [-0.4, -0.2) is 85.8 Å². The maximum atomic E-state index is 14.9. The Labute approximate surface area is 377 Å². The van der Waals surface area contributed by atoms with Gasteiger partial charge < -0.3 is 28.7 Å². The highest BCUT2D eigenvalue weighted by molar-refractivity contribution is 7.10. The number of fused-ring (bicyclic) bond motifs is 7. The van der Waals surface area contributed by atoms with E-state index in [1.165, 1.54) is 16.3 Å². The van der Waals surface area contributed by atoms with E-state index < -0.39 is 41.4 Å². The molecule has 64 heavy (non-hydrogen) atoms. The summed E-state index contributed by atoms with van der Waals surface area (Å²) in [6, 6.07) is 12.7. The minimum absolute atomic E-state index is 0.00696. The van der Waals surface area contributed by atoms with Crippen LogP contribution in [0.5, 0.6) is 0 Å². The van der Waals surface area contributed by atoms with Crippen LogP contribution >= 0.6 is 11.3 Å². The monoisotopic (exact) mass is 886 g/mol. The second-order valence-corrected chi connectivity index (χ2v) is 19.2. The van der Waals surface area contributed by atoms with E-state index in [9.17, 15) is 14.4 Å². The van der Waals surface area contributed by atoms with Gasteiger partial charge in [-0.2, -0.15) is 0 Å². The van der Waals surface area contributed by atoms with Crippen LogP contribution in [0, 0.1) is 17.3 Å². The summed E-state index contributed by atoms with van der Waals surface area (Å²) in [6.07, 6.45) is 6.13. The molecule has 2 amide bonds. The predicted octanol–water partition coefficient (Wildman–Crippen LogP) is 7.67. The molecule has 6 aromatic rings. The molecule has 1 aromatic carbocycles. The molecule has 1 aliphatic carbocycles. The third-order valence-corrected chi connectivity index (χ3v) is 14.3. The summed E-state index contributed by atoms with van der Waals surface area (Å²) >= 11 is 1.40. The summed E-state index contributed by atoms with van der Waals surface area (Å²) in [5.41, 5.74) is 11.3. The van der Waals surface area contributed by atoms with Crippen LogP contribution < -0.4 is 10.7 Å². The Balaban J connectivity index is 1.13. The van der Waals surface area contributed by atoms with Gasteiger partial charge in [0.1, 0.15) is 23.2 Å². The lowest BCUT2D eigenvalue weighted by Gasteiger charge is -2.37. The number of esters is 1. The van der Waals surface area contributed by atoms with Gasteiger partial charge in [0.25, 0.3) is 5.91 Å². The molecule has 7 heterocycles. The van der Waals surface area contributed by atoms with Gasteiger partial charge >= 0.3 is 5.97 Å². The molecule has 1 saturated heterocycles. The molecule has 5 aromatic heterocycles. The normalized spacial score (nSPS) is 24.1. The minimum atomic E-state index is -1.15. The van der Waals surface area contributed by atoms with Crippen molar-refractivity contribution in [3.05, 3.63) is 88.4 Å². The molecule has 9 rings (SSSR count). The topological polar surface area (TPSA) is 155 Å². The number of cyclic esters (lactones) is 1. The number of methoxy groups -OCH3 is 1. The van der Waals surface area contributed by atoms with E-state index in [1.54, 1.807) is 13.3 Å². The van der Waals surface area contributed by atoms with Crippen molar-refractivity contribution in [1.29, 1.82) is 0 Å². The molecule has 0 unspecified atom stereocenters. The van der Waals surface area contributed by atoms with Crippen LogP contribution in [0.1, 0.15) is 94.5 Å². The van der Waals surface area contributed by atoms with Gasteiger partial charge in [-0.25, -0.2) is 10.4 Å². The van der Waals surface area contributed by atoms with Crippen LogP contribution in [0.3, 0.4) is 0 Å². The van der Waals surface area contributed by atoms with Crippen molar-refractivity contribution in [2.75, 3.05) is 26.9 Å². The van der Waals surface area contributed by atoms with Crippen molar-refractivity contribution in [3.8, 4) is 22.5 Å². The summed E-state index contributed by atoms with van der Waals surface area (Å²) in [5.74, 6) is -1.59. The molecule has 2 aliphatic heterocycles. The van der Waals surface area contributed by atoms with Crippen LogP contribution in [0.25, 0.3) is 44.3 Å². The van der Waals surface area contributed by atoms with E-state index >= 15 is 0 Å². The number of thiazole rings is 1. The molecule has 2 fully saturated rings. The number of benzene rings is 1. The molecule has 7 atom stereocenters. The SMILES string of the molecule is CCO[C@@H]1c2nc(cs2)-c2ccc3c(c2)c(c(-c2cccnc2[C@H](C)OC)n3CC)CC(C)(C)COC(=O)[C@@H]2CCCN(N2)C(=O)[C@H]1NC(=O)[C@@H]1[C@@H](C)[C@H]1c1cc2ccn(C)c2cn1. The highest BCUT2D eigenvalue weighted by atomic mass is 32.1. The van der Waals surface area contributed by atoms with Crippen molar-refractivity contribution >= 4 is 50.9 Å². The van der Waals surface area contributed by atoms with E-state index in [0.717, 1.165) is 61.3 Å². The largest absolute Gasteiger partial charge is 0.464 e. The van der Waals surface area contributed by atoms with Gasteiger partial charge in [-0.1, -0.05) is 26.8 Å². The number of nitrogens with one attached hydrogen (secondary N) is 2. The third kappa shape index (κ3) is 8.01. The average Bonchev–Trinajstić information content (AvgIpc) is 3.58. The van der Waals surface area contributed by atoms with Crippen molar-refractivity contribution in [2.45, 2.75) is 97.6 Å². The molecular formula is C49H58N8O6S. The van der Waals surface area contributed by atoms with Gasteiger partial charge in [0.2, 0.25) is 5.91 Å². The van der Waals surface area contributed by atoms with Gasteiger partial charge in [-0.05, 0) is 87.9 Å². The number of carbonyl (C=O) groups excluding carboxylic acids is 3. The Morgan fingerprint density at radius 2 is 1.95 bits per heavy atom. The maximum Gasteiger partial charge on any atom is 0.324 e. The number of hydrogen-bond acceptors (Lipinski definition) is 11. The Morgan fingerprint density at radius 1 is 1.12 bits per heavy atom. The van der Waals surface area contributed by atoms with Gasteiger partial charge in [0.05, 0.1) is 41.5 Å². The summed E-state index contributed by atoms with van der Waals surface area (Å²) in [5, 5.41) is 9.29. The molecular weight excluding hydrogens is 829 g/mol. The van der Waals surface area contributed by atoms with E-state index in [1.807, 2.05) is 62.3 Å². The molecule has 1 saturated carbocycles. The number of pyridine rings is 2. The maximum absolute atomic E-state index is 14.9. The van der Waals surface area contributed by atoms with E-state index in [-0.39, 0.29) is 37.1 Å². The summed E-state index contributed by atoms with van der Waals surface area (Å²) < 4.78 is 22.8. The Hall–Kier alpha value is -5.48.